The number of nitrogens with zero attached hydrogens (tertiary/aromatic N) is 1. The van der Waals surface area contributed by atoms with Crippen LogP contribution in [-0.4, -0.2) is 54.2 Å². The van der Waals surface area contributed by atoms with E-state index in [1.807, 2.05) is 6.07 Å². The Morgan fingerprint density at radius 3 is 2.52 bits per heavy atom. The van der Waals surface area contributed by atoms with Crippen LogP contribution in [0.5, 0.6) is 5.75 Å². The number of piperidine rings is 1. The molecule has 2 aliphatic heterocycles. The van der Waals surface area contributed by atoms with Gasteiger partial charge in [0.25, 0.3) is 6.47 Å². The average Bonchev–Trinajstić information content (AvgIpc) is 2.78. The van der Waals surface area contributed by atoms with Gasteiger partial charge < -0.3 is 25.9 Å². The van der Waals surface area contributed by atoms with Crippen molar-refractivity contribution in [1.82, 2.24) is 4.90 Å². The van der Waals surface area contributed by atoms with Crippen LogP contribution < -0.4 is 10.5 Å². The normalized spacial score (nSPS) is 16.2. The van der Waals surface area contributed by atoms with Crippen molar-refractivity contribution >= 4 is 45.7 Å². The van der Waals surface area contributed by atoms with Crippen molar-refractivity contribution in [3.05, 3.63) is 64.1 Å². The van der Waals surface area contributed by atoms with Gasteiger partial charge in [0.05, 0.1) is 5.69 Å². The number of fused-ring (bicyclic) bond motifs is 1. The van der Waals surface area contributed by atoms with Crippen LogP contribution in [-0.2, 0) is 4.79 Å². The highest BCUT2D eigenvalue weighted by atomic mass is 79.9. The molecule has 0 atom stereocenters. The summed E-state index contributed by atoms with van der Waals surface area (Å²) in [6, 6.07) is 11.3. The molecule has 1 fully saturated rings. The number of nitrogens with two attached hydrogens (primary N) is 1. The second kappa shape index (κ2) is 11.8. The number of nitrogen functional groups attached to an aromatic ring is 1. The lowest BCUT2D eigenvalue weighted by Crippen LogP contribution is -2.48. The van der Waals surface area contributed by atoms with E-state index in [1.54, 1.807) is 18.2 Å². The van der Waals surface area contributed by atoms with Gasteiger partial charge in [-0.15, -0.1) is 0 Å². The van der Waals surface area contributed by atoms with Crippen molar-refractivity contribution in [3.63, 3.8) is 0 Å². The number of likely N-dealkylation sites (tertiary alicyclic amines) is 1. The molecule has 0 aliphatic carbocycles. The molecule has 176 valence electrons. The third-order valence-electron chi connectivity index (χ3n) is 5.76. The quantitative estimate of drug-likeness (QED) is 0.227. The van der Waals surface area contributed by atoms with Crippen molar-refractivity contribution in [2.75, 3.05) is 25.9 Å². The number of halogens is 1. The molecule has 2 aromatic rings. The van der Waals surface area contributed by atoms with Gasteiger partial charge in [0.15, 0.2) is 5.78 Å². The molecule has 2 aromatic carbocycles. The molecule has 0 saturated carbocycles. The molecule has 2 heterocycles. The average molecular weight is 516 g/mol. The highest BCUT2D eigenvalue weighted by Crippen LogP contribution is 2.44. The number of hydrogen-bond donors (Lipinski definition) is 3. The van der Waals surface area contributed by atoms with Gasteiger partial charge in [-0.2, -0.15) is 0 Å². The fraction of sp³-hybridized carbons (Fsp3) is 0.320. The lowest BCUT2D eigenvalue weighted by Gasteiger charge is -2.44. The highest BCUT2D eigenvalue weighted by molar-refractivity contribution is 9.10. The summed E-state index contributed by atoms with van der Waals surface area (Å²) in [7, 11) is 2.18. The minimum Gasteiger partial charge on any atom is -0.486 e. The number of anilines is 1. The Bertz CT molecular complexity index is 1030. The lowest BCUT2D eigenvalue weighted by atomic mass is 9.81. The molecule has 0 radical (unpaired) electrons. The number of carbonyl (C=O) groups is 2. The second-order valence-electron chi connectivity index (χ2n) is 8.12. The molecular formula is C25H30BrN3O4. The first-order chi connectivity index (χ1) is 15.7. The van der Waals surface area contributed by atoms with E-state index in [0.717, 1.165) is 54.4 Å². The summed E-state index contributed by atoms with van der Waals surface area (Å²) in [4.78, 5) is 21.7. The van der Waals surface area contributed by atoms with Gasteiger partial charge in [-0.05, 0) is 43.8 Å². The van der Waals surface area contributed by atoms with E-state index >= 15 is 0 Å². The molecule has 0 aromatic heterocycles. The van der Waals surface area contributed by atoms with Crippen LogP contribution in [0.25, 0.3) is 5.57 Å². The van der Waals surface area contributed by atoms with Crippen molar-refractivity contribution in [2.45, 2.75) is 31.8 Å². The molecule has 1 spiro atoms. The van der Waals surface area contributed by atoms with Crippen LogP contribution in [0.2, 0.25) is 0 Å². The van der Waals surface area contributed by atoms with Gasteiger partial charge in [0.2, 0.25) is 0 Å². The summed E-state index contributed by atoms with van der Waals surface area (Å²) in [6.07, 6.45) is 4.29. The standard InChI is InChI=1S/C15H18BrNO.C9H10N2O.CH2O2/c1-11-10-15(5-7-17(2)8-6-15)18-14-4-3-12(16)9-13(11)14;1-6(12)8-4-2-3-7(5-10)9(8)11;2-1-3/h3-4,9H,1,5-8,10H2,2H3;2-5,10H,11H2,1H3;1H,(H,2,3). The predicted octanol–water partition coefficient (Wildman–Crippen LogP) is 4.88. The molecule has 8 heteroatoms. The number of carboxylic acid groups (broad SMARTS) is 1. The second-order valence-corrected chi connectivity index (χ2v) is 9.04. The van der Waals surface area contributed by atoms with Crippen LogP contribution >= 0.6 is 15.9 Å². The van der Waals surface area contributed by atoms with E-state index in [-0.39, 0.29) is 17.9 Å². The fourth-order valence-corrected chi connectivity index (χ4v) is 4.30. The molecule has 0 bridgehead atoms. The molecule has 4 N–H and O–H groups in total. The summed E-state index contributed by atoms with van der Waals surface area (Å²) in [6.45, 7) is 7.68. The maximum absolute atomic E-state index is 11.0. The number of ketones is 1. The molecule has 1 saturated heterocycles. The number of rotatable bonds is 2. The van der Waals surface area contributed by atoms with Crippen molar-refractivity contribution in [3.8, 4) is 5.75 Å². The van der Waals surface area contributed by atoms with Crippen molar-refractivity contribution in [1.29, 1.82) is 5.41 Å². The molecule has 4 rings (SSSR count). The third-order valence-corrected chi connectivity index (χ3v) is 6.25. The van der Waals surface area contributed by atoms with Crippen LogP contribution in [0, 0.1) is 5.41 Å². The minimum atomic E-state index is -0.250. The first kappa shape index (κ1) is 26.3. The van der Waals surface area contributed by atoms with Gasteiger partial charge in [-0.25, -0.2) is 0 Å². The largest absolute Gasteiger partial charge is 0.486 e. The van der Waals surface area contributed by atoms with E-state index < -0.39 is 0 Å². The molecule has 0 unspecified atom stereocenters. The first-order valence-corrected chi connectivity index (χ1v) is 11.3. The fourth-order valence-electron chi connectivity index (χ4n) is 3.94. The van der Waals surface area contributed by atoms with Crippen LogP contribution in [0.1, 0.15) is 47.7 Å². The number of hydrogen-bond acceptors (Lipinski definition) is 6. The number of nitrogens with one attached hydrogen (secondary N) is 1. The number of Topliss-reactive ketones (excluding diaryl/α,β-unsaturated/α-hetero) is 1. The Morgan fingerprint density at radius 1 is 1.30 bits per heavy atom. The maximum Gasteiger partial charge on any atom is 0.290 e. The topological polar surface area (TPSA) is 117 Å². The lowest BCUT2D eigenvalue weighted by molar-refractivity contribution is -0.122. The zero-order valence-electron chi connectivity index (χ0n) is 18.9. The van der Waals surface area contributed by atoms with E-state index in [2.05, 4.69) is 46.6 Å². The monoisotopic (exact) mass is 515 g/mol. The molecule has 33 heavy (non-hydrogen) atoms. The maximum atomic E-state index is 11.0. The summed E-state index contributed by atoms with van der Waals surface area (Å²) < 4.78 is 7.41. The molecule has 0 amide bonds. The zero-order valence-corrected chi connectivity index (χ0v) is 20.5. The zero-order chi connectivity index (χ0) is 24.6. The summed E-state index contributed by atoms with van der Waals surface area (Å²) in [5, 5.41) is 13.9. The van der Waals surface area contributed by atoms with E-state index in [1.165, 1.54) is 12.5 Å². The Balaban J connectivity index is 0.000000223. The van der Waals surface area contributed by atoms with Crippen LogP contribution in [0.15, 0.2) is 47.4 Å². The third kappa shape index (κ3) is 6.76. The summed E-state index contributed by atoms with van der Waals surface area (Å²) >= 11 is 3.51. The first-order valence-electron chi connectivity index (χ1n) is 10.5. The Hall–Kier alpha value is -2.97. The molecular weight excluding hydrogens is 486 g/mol. The number of benzene rings is 2. The van der Waals surface area contributed by atoms with Crippen LogP contribution in [0.4, 0.5) is 5.69 Å². The van der Waals surface area contributed by atoms with E-state index in [0.29, 0.717) is 16.8 Å². The smallest absolute Gasteiger partial charge is 0.290 e. The SMILES string of the molecule is C=C1CC2(CCN(C)CC2)Oc2ccc(Br)cc21.CC(=O)c1cccc(C=N)c1N.O=CO. The Kier molecular flexibility index (Phi) is 9.37. The minimum absolute atomic E-state index is 0.00950. The summed E-state index contributed by atoms with van der Waals surface area (Å²) in [5.41, 5.74) is 9.44. The Morgan fingerprint density at radius 2 is 1.94 bits per heavy atom. The van der Waals surface area contributed by atoms with Crippen molar-refractivity contribution in [2.24, 2.45) is 0 Å². The van der Waals surface area contributed by atoms with Crippen molar-refractivity contribution < 1.29 is 19.4 Å². The van der Waals surface area contributed by atoms with Crippen LogP contribution in [0.3, 0.4) is 0 Å². The summed E-state index contributed by atoms with van der Waals surface area (Å²) in [5.74, 6) is 0.926. The predicted molar refractivity (Wildman–Crippen MR) is 135 cm³/mol. The van der Waals surface area contributed by atoms with E-state index in [9.17, 15) is 4.79 Å². The molecule has 2 aliphatic rings. The van der Waals surface area contributed by atoms with Gasteiger partial charge in [0, 0.05) is 59.7 Å². The number of carbonyl (C=O) groups excluding carboxylic acids is 1. The molecule has 7 nitrogen and oxygen atoms in total. The highest BCUT2D eigenvalue weighted by Gasteiger charge is 2.40. The van der Waals surface area contributed by atoms with Gasteiger partial charge in [-0.1, -0.05) is 34.6 Å². The van der Waals surface area contributed by atoms with Gasteiger partial charge in [0.1, 0.15) is 11.4 Å². The van der Waals surface area contributed by atoms with Gasteiger partial charge >= 0.3 is 0 Å². The number of ether oxygens (including phenoxy) is 1. The van der Waals surface area contributed by atoms with Gasteiger partial charge in [-0.3, -0.25) is 9.59 Å². The number of para-hydroxylation sites is 1. The van der Waals surface area contributed by atoms with E-state index in [4.69, 9.17) is 25.8 Å². The Labute approximate surface area is 202 Å².